The number of aromatic nitrogens is 2. The maximum absolute atomic E-state index is 14.2. The fourth-order valence-electron chi connectivity index (χ4n) is 3.26. The number of para-hydroxylation sites is 1. The molecule has 1 fully saturated rings. The summed E-state index contributed by atoms with van der Waals surface area (Å²) in [7, 11) is 0. The summed E-state index contributed by atoms with van der Waals surface area (Å²) in [5, 5.41) is 4.18. The van der Waals surface area contributed by atoms with Crippen molar-refractivity contribution >= 4 is 5.91 Å². The van der Waals surface area contributed by atoms with Crippen molar-refractivity contribution in [2.24, 2.45) is 0 Å². The molecule has 1 amide bonds. The van der Waals surface area contributed by atoms with Crippen LogP contribution in [0.3, 0.4) is 0 Å². The van der Waals surface area contributed by atoms with E-state index >= 15 is 0 Å². The molecule has 1 heterocycles. The van der Waals surface area contributed by atoms with Crippen molar-refractivity contribution < 1.29 is 13.6 Å². The quantitative estimate of drug-likeness (QED) is 0.663. The first-order valence-corrected chi connectivity index (χ1v) is 9.36. The lowest BCUT2D eigenvalue weighted by Gasteiger charge is -2.22. The third kappa shape index (κ3) is 3.81. The number of carbonyl (C=O) groups is 1. The molecule has 2 aromatic carbocycles. The number of carbonyl (C=O) groups excluding carboxylic acids is 1. The highest BCUT2D eigenvalue weighted by Crippen LogP contribution is 2.29. The molecule has 7 heteroatoms. The Morgan fingerprint density at radius 2 is 1.76 bits per heavy atom. The molecular formula is C22H19F2N3O2. The second-order valence-electron chi connectivity index (χ2n) is 7.12. The van der Waals surface area contributed by atoms with E-state index in [2.05, 4.69) is 5.10 Å². The molecule has 29 heavy (non-hydrogen) atoms. The van der Waals surface area contributed by atoms with Gasteiger partial charge in [-0.3, -0.25) is 9.59 Å². The maximum atomic E-state index is 14.2. The number of rotatable bonds is 5. The van der Waals surface area contributed by atoms with Crippen LogP contribution in [0.15, 0.2) is 59.4 Å². The second kappa shape index (κ2) is 7.58. The van der Waals surface area contributed by atoms with Crippen LogP contribution in [-0.4, -0.2) is 26.6 Å². The Morgan fingerprint density at radius 1 is 1.10 bits per heavy atom. The summed E-state index contributed by atoms with van der Waals surface area (Å²) in [5.74, 6) is -1.51. The van der Waals surface area contributed by atoms with Crippen molar-refractivity contribution in [1.29, 1.82) is 0 Å². The minimum absolute atomic E-state index is 0.0465. The number of halogens is 2. The number of nitrogens with zero attached hydrogens (tertiary/aromatic N) is 3. The van der Waals surface area contributed by atoms with Crippen molar-refractivity contribution in [3.05, 3.63) is 93.4 Å². The molecule has 5 nitrogen and oxygen atoms in total. The normalized spacial score (nSPS) is 13.3. The van der Waals surface area contributed by atoms with Gasteiger partial charge in [0, 0.05) is 29.9 Å². The second-order valence-corrected chi connectivity index (χ2v) is 7.12. The molecule has 0 N–H and O–H groups in total. The third-order valence-corrected chi connectivity index (χ3v) is 4.94. The number of amides is 1. The monoisotopic (exact) mass is 395 g/mol. The van der Waals surface area contributed by atoms with E-state index in [1.54, 1.807) is 37.3 Å². The van der Waals surface area contributed by atoms with Crippen molar-refractivity contribution in [3.8, 4) is 5.69 Å². The lowest BCUT2D eigenvalue weighted by molar-refractivity contribution is 0.0718. The van der Waals surface area contributed by atoms with Gasteiger partial charge in [0.1, 0.15) is 17.3 Å². The van der Waals surface area contributed by atoms with Crippen molar-refractivity contribution in [2.45, 2.75) is 32.4 Å². The number of hydrogen-bond donors (Lipinski definition) is 0. The lowest BCUT2D eigenvalue weighted by Crippen LogP contribution is -2.37. The molecular weight excluding hydrogens is 376 g/mol. The molecule has 148 valence electrons. The van der Waals surface area contributed by atoms with Crippen LogP contribution in [0.2, 0.25) is 0 Å². The highest BCUT2D eigenvalue weighted by Gasteiger charge is 2.35. The van der Waals surface area contributed by atoms with E-state index in [1.165, 1.54) is 33.8 Å². The fourth-order valence-corrected chi connectivity index (χ4v) is 3.26. The molecule has 1 aromatic heterocycles. The van der Waals surface area contributed by atoms with E-state index in [1.807, 2.05) is 0 Å². The van der Waals surface area contributed by atoms with Gasteiger partial charge in [-0.25, -0.2) is 13.5 Å². The average molecular weight is 395 g/mol. The van der Waals surface area contributed by atoms with Gasteiger partial charge in [0.2, 0.25) is 5.43 Å². The molecule has 0 bridgehead atoms. The molecule has 0 radical (unpaired) electrons. The largest absolute Gasteiger partial charge is 0.330 e. The van der Waals surface area contributed by atoms with E-state index in [4.69, 9.17) is 0 Å². The van der Waals surface area contributed by atoms with Crippen LogP contribution in [-0.2, 0) is 6.54 Å². The van der Waals surface area contributed by atoms with E-state index in [0.717, 1.165) is 12.8 Å². The highest BCUT2D eigenvalue weighted by molar-refractivity contribution is 5.92. The maximum Gasteiger partial charge on any atom is 0.278 e. The number of benzene rings is 2. The van der Waals surface area contributed by atoms with Crippen LogP contribution in [0.25, 0.3) is 5.69 Å². The van der Waals surface area contributed by atoms with E-state index in [-0.39, 0.29) is 24.0 Å². The highest BCUT2D eigenvalue weighted by atomic mass is 19.1. The van der Waals surface area contributed by atoms with Crippen molar-refractivity contribution in [1.82, 2.24) is 14.7 Å². The molecule has 0 unspecified atom stereocenters. The summed E-state index contributed by atoms with van der Waals surface area (Å²) >= 11 is 0. The first kappa shape index (κ1) is 19.0. The molecule has 0 aliphatic heterocycles. The molecule has 4 rings (SSSR count). The Kier molecular flexibility index (Phi) is 4.96. The molecule has 1 saturated carbocycles. The molecule has 0 atom stereocenters. The smallest absolute Gasteiger partial charge is 0.278 e. The van der Waals surface area contributed by atoms with E-state index in [9.17, 15) is 18.4 Å². The lowest BCUT2D eigenvalue weighted by atomic mass is 10.2. The predicted molar refractivity (Wildman–Crippen MR) is 104 cm³/mol. The van der Waals surface area contributed by atoms with Crippen LogP contribution in [0.1, 0.15) is 34.6 Å². The Balaban J connectivity index is 1.74. The number of aryl methyl sites for hydroxylation is 1. The zero-order chi connectivity index (χ0) is 20.5. The van der Waals surface area contributed by atoms with Gasteiger partial charge in [-0.05, 0) is 38.0 Å². The van der Waals surface area contributed by atoms with Gasteiger partial charge in [0.25, 0.3) is 5.91 Å². The van der Waals surface area contributed by atoms with Crippen LogP contribution < -0.4 is 5.43 Å². The summed E-state index contributed by atoms with van der Waals surface area (Å²) in [6.45, 7) is 1.66. The van der Waals surface area contributed by atoms with Crippen molar-refractivity contribution in [2.75, 3.05) is 0 Å². The van der Waals surface area contributed by atoms with E-state index < -0.39 is 23.0 Å². The van der Waals surface area contributed by atoms with Gasteiger partial charge in [-0.15, -0.1) is 0 Å². The predicted octanol–water partition coefficient (Wildman–Crippen LogP) is 3.62. The third-order valence-electron chi connectivity index (χ3n) is 4.94. The summed E-state index contributed by atoms with van der Waals surface area (Å²) in [6, 6.07) is 13.4. The van der Waals surface area contributed by atoms with E-state index in [0.29, 0.717) is 11.3 Å². The molecule has 0 spiro atoms. The first-order valence-electron chi connectivity index (χ1n) is 9.36. The topological polar surface area (TPSA) is 55.2 Å². The molecule has 1 aliphatic rings. The van der Waals surface area contributed by atoms with Crippen LogP contribution >= 0.6 is 0 Å². The van der Waals surface area contributed by atoms with Crippen LogP contribution in [0.5, 0.6) is 0 Å². The Labute approximate surface area is 166 Å². The Hall–Kier alpha value is -3.35. The zero-order valence-electron chi connectivity index (χ0n) is 15.8. The van der Waals surface area contributed by atoms with Gasteiger partial charge in [-0.2, -0.15) is 5.10 Å². The van der Waals surface area contributed by atoms with Gasteiger partial charge in [0.05, 0.1) is 0 Å². The van der Waals surface area contributed by atoms with Gasteiger partial charge in [0.15, 0.2) is 5.69 Å². The van der Waals surface area contributed by atoms with Gasteiger partial charge < -0.3 is 4.90 Å². The summed E-state index contributed by atoms with van der Waals surface area (Å²) in [6.07, 6.45) is 1.57. The van der Waals surface area contributed by atoms with Crippen LogP contribution in [0.4, 0.5) is 8.78 Å². The summed E-state index contributed by atoms with van der Waals surface area (Å²) < 4.78 is 29.6. The molecule has 0 saturated heterocycles. The standard InChI is InChI=1S/C22H19F2N3O2/c1-14-12-20(28)21(25-27(14)19-9-5-4-8-18(19)24)22(29)26(16-10-11-16)13-15-6-2-3-7-17(15)23/h2-9,12,16H,10-11,13H2,1H3. The number of hydrogen-bond acceptors (Lipinski definition) is 3. The van der Waals surface area contributed by atoms with Gasteiger partial charge in [-0.1, -0.05) is 30.3 Å². The van der Waals surface area contributed by atoms with Crippen LogP contribution in [0, 0.1) is 18.6 Å². The SMILES string of the molecule is Cc1cc(=O)c(C(=O)N(Cc2ccccc2F)C2CC2)nn1-c1ccccc1F. The molecule has 3 aromatic rings. The minimum atomic E-state index is -0.578. The van der Waals surface area contributed by atoms with Gasteiger partial charge >= 0.3 is 0 Å². The Morgan fingerprint density at radius 3 is 2.41 bits per heavy atom. The average Bonchev–Trinajstić information content (AvgIpc) is 3.53. The summed E-state index contributed by atoms with van der Waals surface area (Å²) in [4.78, 5) is 27.2. The first-order chi connectivity index (χ1) is 14.0. The Bertz CT molecular complexity index is 1140. The minimum Gasteiger partial charge on any atom is -0.330 e. The summed E-state index contributed by atoms with van der Waals surface area (Å²) in [5.41, 5.74) is 0.0745. The molecule has 1 aliphatic carbocycles. The van der Waals surface area contributed by atoms with Crippen molar-refractivity contribution in [3.63, 3.8) is 0 Å². The zero-order valence-corrected chi connectivity index (χ0v) is 15.8. The fraction of sp³-hybridized carbons (Fsp3) is 0.227.